The number of halogens is 1. The first-order valence-electron chi connectivity index (χ1n) is 7.97. The maximum atomic E-state index is 13.0. The van der Waals surface area contributed by atoms with E-state index in [1.165, 1.54) is 23.9 Å². The van der Waals surface area contributed by atoms with E-state index < -0.39 is 0 Å². The van der Waals surface area contributed by atoms with Crippen molar-refractivity contribution in [1.29, 1.82) is 0 Å². The summed E-state index contributed by atoms with van der Waals surface area (Å²) < 4.78 is 20.0. The number of nitrogens with zero attached hydrogens (tertiary/aromatic N) is 4. The van der Waals surface area contributed by atoms with Crippen LogP contribution in [0, 0.1) is 5.82 Å². The molecule has 130 valence electrons. The molecule has 5 nitrogen and oxygen atoms in total. The van der Waals surface area contributed by atoms with Gasteiger partial charge in [0.2, 0.25) is 5.16 Å². The van der Waals surface area contributed by atoms with Gasteiger partial charge in [-0.15, -0.1) is 10.2 Å². The standard InChI is InChI=1S/C19H15FN4OS/c1-25-16-4-2-3-14(11-16)17-9-10-18-21-22-19(24(18)23-17)26-12-13-5-7-15(20)8-6-13/h2-11H,12H2,1H3. The number of hydrogen-bond acceptors (Lipinski definition) is 5. The molecule has 0 saturated carbocycles. The first kappa shape index (κ1) is 16.5. The van der Waals surface area contributed by atoms with Crippen molar-refractivity contribution in [1.82, 2.24) is 19.8 Å². The Balaban J connectivity index is 1.62. The van der Waals surface area contributed by atoms with Crippen LogP contribution in [0.4, 0.5) is 4.39 Å². The molecule has 0 bridgehead atoms. The molecule has 0 spiro atoms. The van der Waals surface area contributed by atoms with E-state index in [4.69, 9.17) is 4.74 Å². The van der Waals surface area contributed by atoms with E-state index in [1.807, 2.05) is 36.4 Å². The van der Waals surface area contributed by atoms with E-state index in [9.17, 15) is 4.39 Å². The molecule has 7 heteroatoms. The van der Waals surface area contributed by atoms with Gasteiger partial charge >= 0.3 is 0 Å². The third kappa shape index (κ3) is 3.39. The second-order valence-corrected chi connectivity index (χ2v) is 6.56. The van der Waals surface area contributed by atoms with E-state index in [1.54, 1.807) is 23.8 Å². The van der Waals surface area contributed by atoms with Crippen LogP contribution in [0.15, 0.2) is 65.8 Å². The molecule has 0 amide bonds. The van der Waals surface area contributed by atoms with E-state index in [2.05, 4.69) is 15.3 Å². The summed E-state index contributed by atoms with van der Waals surface area (Å²) in [4.78, 5) is 0. The summed E-state index contributed by atoms with van der Waals surface area (Å²) in [5.74, 6) is 1.20. The molecule has 0 radical (unpaired) electrons. The molecule has 2 aromatic heterocycles. The summed E-state index contributed by atoms with van der Waals surface area (Å²) in [6, 6.07) is 18.0. The molecule has 4 rings (SSSR count). The van der Waals surface area contributed by atoms with E-state index in [-0.39, 0.29) is 5.82 Å². The maximum absolute atomic E-state index is 13.0. The highest BCUT2D eigenvalue weighted by Gasteiger charge is 2.10. The van der Waals surface area contributed by atoms with Crippen LogP contribution in [0.3, 0.4) is 0 Å². The fourth-order valence-electron chi connectivity index (χ4n) is 2.52. The molecule has 0 saturated heterocycles. The number of aromatic nitrogens is 4. The number of hydrogen-bond donors (Lipinski definition) is 0. The lowest BCUT2D eigenvalue weighted by Gasteiger charge is -2.05. The quantitative estimate of drug-likeness (QED) is 0.495. The van der Waals surface area contributed by atoms with Crippen molar-refractivity contribution in [3.63, 3.8) is 0 Å². The van der Waals surface area contributed by atoms with E-state index >= 15 is 0 Å². The minimum Gasteiger partial charge on any atom is -0.497 e. The van der Waals surface area contributed by atoms with Gasteiger partial charge in [-0.2, -0.15) is 9.61 Å². The van der Waals surface area contributed by atoms with Crippen molar-refractivity contribution in [2.75, 3.05) is 7.11 Å². The summed E-state index contributed by atoms with van der Waals surface area (Å²) in [5.41, 5.74) is 3.45. The van der Waals surface area contributed by atoms with E-state index in [0.717, 1.165) is 22.6 Å². The molecule has 0 aliphatic rings. The average molecular weight is 366 g/mol. The molecule has 4 aromatic rings. The predicted octanol–water partition coefficient (Wildman–Crippen LogP) is 4.23. The topological polar surface area (TPSA) is 52.3 Å². The largest absolute Gasteiger partial charge is 0.497 e. The fraction of sp³-hybridized carbons (Fsp3) is 0.105. The van der Waals surface area contributed by atoms with Crippen LogP contribution in [0.1, 0.15) is 5.56 Å². The minimum absolute atomic E-state index is 0.240. The van der Waals surface area contributed by atoms with Gasteiger partial charge in [-0.25, -0.2) is 4.39 Å². The zero-order valence-corrected chi connectivity index (χ0v) is 14.8. The van der Waals surface area contributed by atoms with Crippen molar-refractivity contribution >= 4 is 17.4 Å². The fourth-order valence-corrected chi connectivity index (χ4v) is 3.37. The normalized spacial score (nSPS) is 11.0. The molecule has 0 N–H and O–H groups in total. The summed E-state index contributed by atoms with van der Waals surface area (Å²) in [7, 11) is 1.64. The van der Waals surface area contributed by atoms with Gasteiger partial charge in [0.25, 0.3) is 0 Å². The Morgan fingerprint density at radius 2 is 1.88 bits per heavy atom. The Morgan fingerprint density at radius 1 is 1.04 bits per heavy atom. The first-order valence-corrected chi connectivity index (χ1v) is 8.95. The molecular weight excluding hydrogens is 351 g/mol. The highest BCUT2D eigenvalue weighted by Crippen LogP contribution is 2.25. The molecule has 2 heterocycles. The van der Waals surface area contributed by atoms with Gasteiger partial charge in [-0.3, -0.25) is 0 Å². The van der Waals surface area contributed by atoms with Gasteiger partial charge in [0.1, 0.15) is 11.6 Å². The molecule has 0 atom stereocenters. The summed E-state index contributed by atoms with van der Waals surface area (Å²) in [5, 5.41) is 13.7. The monoisotopic (exact) mass is 366 g/mol. The Labute approximate surface area is 153 Å². The van der Waals surface area contributed by atoms with Gasteiger partial charge in [0.05, 0.1) is 12.8 Å². The Kier molecular flexibility index (Phi) is 4.53. The number of rotatable bonds is 5. The van der Waals surface area contributed by atoms with Crippen molar-refractivity contribution in [3.05, 3.63) is 72.0 Å². The van der Waals surface area contributed by atoms with Gasteiger partial charge < -0.3 is 4.74 Å². The van der Waals surface area contributed by atoms with Crippen LogP contribution >= 0.6 is 11.8 Å². The maximum Gasteiger partial charge on any atom is 0.212 e. The summed E-state index contributed by atoms with van der Waals surface area (Å²) in [6.45, 7) is 0. The number of methoxy groups -OCH3 is 1. The van der Waals surface area contributed by atoms with Crippen LogP contribution in [-0.2, 0) is 5.75 Å². The minimum atomic E-state index is -0.240. The average Bonchev–Trinajstić information content (AvgIpc) is 3.10. The number of benzene rings is 2. The molecule has 0 aliphatic heterocycles. The third-order valence-corrected chi connectivity index (χ3v) is 4.87. The SMILES string of the molecule is COc1cccc(-c2ccc3nnc(SCc4ccc(F)cc4)n3n2)c1. The molecule has 0 fully saturated rings. The van der Waals surface area contributed by atoms with Crippen LogP contribution < -0.4 is 4.74 Å². The van der Waals surface area contributed by atoms with Crippen LogP contribution in [0.25, 0.3) is 16.9 Å². The predicted molar refractivity (Wildman–Crippen MR) is 98.7 cm³/mol. The lowest BCUT2D eigenvalue weighted by atomic mass is 10.1. The molecule has 0 aliphatic carbocycles. The van der Waals surface area contributed by atoms with Crippen molar-refractivity contribution in [2.45, 2.75) is 10.9 Å². The lowest BCUT2D eigenvalue weighted by molar-refractivity contribution is 0.415. The Hall–Kier alpha value is -2.93. The molecule has 2 aromatic carbocycles. The van der Waals surface area contributed by atoms with Crippen LogP contribution in [0.2, 0.25) is 0 Å². The van der Waals surface area contributed by atoms with E-state index in [0.29, 0.717) is 16.6 Å². The van der Waals surface area contributed by atoms with Gasteiger partial charge in [0, 0.05) is 11.3 Å². The molecule has 0 unspecified atom stereocenters. The molecular formula is C19H15FN4OS. The summed E-state index contributed by atoms with van der Waals surface area (Å²) in [6.07, 6.45) is 0. The second-order valence-electron chi connectivity index (χ2n) is 5.62. The Bertz CT molecular complexity index is 1050. The van der Waals surface area contributed by atoms with Crippen LogP contribution in [-0.4, -0.2) is 26.9 Å². The van der Waals surface area contributed by atoms with Crippen molar-refractivity contribution in [3.8, 4) is 17.0 Å². The number of fused-ring (bicyclic) bond motifs is 1. The number of thioether (sulfide) groups is 1. The third-order valence-electron chi connectivity index (χ3n) is 3.88. The second kappa shape index (κ2) is 7.13. The van der Waals surface area contributed by atoms with Gasteiger partial charge in [-0.05, 0) is 42.0 Å². The van der Waals surface area contributed by atoms with Crippen molar-refractivity contribution in [2.24, 2.45) is 0 Å². The lowest BCUT2D eigenvalue weighted by Crippen LogP contribution is -1.97. The zero-order chi connectivity index (χ0) is 17.9. The highest BCUT2D eigenvalue weighted by atomic mass is 32.2. The van der Waals surface area contributed by atoms with Crippen LogP contribution in [0.5, 0.6) is 5.75 Å². The molecule has 26 heavy (non-hydrogen) atoms. The zero-order valence-electron chi connectivity index (χ0n) is 14.0. The first-order chi connectivity index (χ1) is 12.7. The smallest absolute Gasteiger partial charge is 0.212 e. The van der Waals surface area contributed by atoms with Crippen molar-refractivity contribution < 1.29 is 9.13 Å². The number of ether oxygens (including phenoxy) is 1. The Morgan fingerprint density at radius 3 is 2.69 bits per heavy atom. The van der Waals surface area contributed by atoms with Gasteiger partial charge in [0.15, 0.2) is 5.65 Å². The summed E-state index contributed by atoms with van der Waals surface area (Å²) >= 11 is 1.51. The van der Waals surface area contributed by atoms with Gasteiger partial charge in [-0.1, -0.05) is 36.0 Å². The highest BCUT2D eigenvalue weighted by molar-refractivity contribution is 7.98.